The van der Waals surface area contributed by atoms with Gasteiger partial charge in [0.05, 0.1) is 11.6 Å². The summed E-state index contributed by atoms with van der Waals surface area (Å²) in [4.78, 5) is 0. The van der Waals surface area contributed by atoms with Crippen LogP contribution in [-0.4, -0.2) is 18.6 Å². The van der Waals surface area contributed by atoms with Gasteiger partial charge < -0.3 is 4.74 Å². The van der Waals surface area contributed by atoms with Gasteiger partial charge in [0.25, 0.3) is 0 Å². The number of hydrogen-bond acceptors (Lipinski definition) is 2. The minimum Gasteiger partial charge on any atom is -0.491 e. The van der Waals surface area contributed by atoms with Gasteiger partial charge in [0.1, 0.15) is 5.75 Å². The Morgan fingerprint density at radius 2 is 2.29 bits per heavy atom. The number of hydrogen-bond donors (Lipinski definition) is 0. The summed E-state index contributed by atoms with van der Waals surface area (Å²) < 4.78 is 5.62. The number of alkyl halides is 1. The molecular weight excluding hydrogens is 284 g/mol. The number of benzene rings is 1. The lowest BCUT2D eigenvalue weighted by Gasteiger charge is -2.10. The molecule has 1 nitrogen and oxygen atoms in total. The quantitative estimate of drug-likeness (QED) is 0.600. The standard InChI is InChI=1S/C10H12BrClOS/c1-14-6-5-13-10-8(7-11)3-2-4-9(10)12/h2-4H,5-7H2,1H3. The van der Waals surface area contributed by atoms with E-state index in [1.165, 1.54) is 0 Å². The number of thioether (sulfide) groups is 1. The van der Waals surface area contributed by atoms with Crippen molar-refractivity contribution in [2.75, 3.05) is 18.6 Å². The average Bonchev–Trinajstić information content (AvgIpc) is 2.20. The molecule has 0 atom stereocenters. The zero-order chi connectivity index (χ0) is 10.4. The van der Waals surface area contributed by atoms with Crippen molar-refractivity contribution in [3.8, 4) is 5.75 Å². The van der Waals surface area contributed by atoms with Crippen LogP contribution in [0.4, 0.5) is 0 Å². The highest BCUT2D eigenvalue weighted by molar-refractivity contribution is 9.08. The van der Waals surface area contributed by atoms with Gasteiger partial charge in [0.2, 0.25) is 0 Å². The second kappa shape index (κ2) is 6.59. The van der Waals surface area contributed by atoms with Crippen molar-refractivity contribution in [1.82, 2.24) is 0 Å². The molecule has 1 aromatic carbocycles. The molecule has 0 aliphatic carbocycles. The van der Waals surface area contributed by atoms with E-state index in [1.54, 1.807) is 11.8 Å². The zero-order valence-corrected chi connectivity index (χ0v) is 11.1. The van der Waals surface area contributed by atoms with Crippen molar-refractivity contribution in [3.05, 3.63) is 28.8 Å². The van der Waals surface area contributed by atoms with Crippen LogP contribution >= 0.6 is 39.3 Å². The molecule has 4 heteroatoms. The maximum Gasteiger partial charge on any atom is 0.141 e. The predicted octanol–water partition coefficient (Wildman–Crippen LogP) is 3.98. The highest BCUT2D eigenvalue weighted by Gasteiger charge is 2.06. The van der Waals surface area contributed by atoms with Crippen LogP contribution in [0.1, 0.15) is 5.56 Å². The fraction of sp³-hybridized carbons (Fsp3) is 0.400. The van der Waals surface area contributed by atoms with Gasteiger partial charge in [-0.25, -0.2) is 0 Å². The summed E-state index contributed by atoms with van der Waals surface area (Å²) in [5, 5.41) is 1.45. The van der Waals surface area contributed by atoms with Crippen LogP contribution in [0, 0.1) is 0 Å². The molecule has 0 saturated carbocycles. The minimum atomic E-state index is 0.683. The smallest absolute Gasteiger partial charge is 0.141 e. The molecule has 0 unspecified atom stereocenters. The van der Waals surface area contributed by atoms with Gasteiger partial charge in [-0.15, -0.1) is 0 Å². The molecule has 1 rings (SSSR count). The Balaban J connectivity index is 2.72. The molecule has 0 aromatic heterocycles. The fourth-order valence-electron chi connectivity index (χ4n) is 1.05. The van der Waals surface area contributed by atoms with Gasteiger partial charge in [-0.3, -0.25) is 0 Å². The monoisotopic (exact) mass is 294 g/mol. The highest BCUT2D eigenvalue weighted by Crippen LogP contribution is 2.30. The fourth-order valence-corrected chi connectivity index (χ4v) is 1.99. The molecule has 0 N–H and O–H groups in total. The summed E-state index contributed by atoms with van der Waals surface area (Å²) >= 11 is 11.2. The molecule has 0 amide bonds. The molecule has 0 bridgehead atoms. The molecule has 0 aliphatic heterocycles. The number of rotatable bonds is 5. The first-order valence-electron chi connectivity index (χ1n) is 4.24. The number of ether oxygens (including phenoxy) is 1. The third-order valence-corrected chi connectivity index (χ3v) is 3.20. The molecule has 0 saturated heterocycles. The minimum absolute atomic E-state index is 0.683. The second-order valence-electron chi connectivity index (χ2n) is 2.70. The van der Waals surface area contributed by atoms with E-state index in [4.69, 9.17) is 16.3 Å². The van der Waals surface area contributed by atoms with Gasteiger partial charge >= 0.3 is 0 Å². The van der Waals surface area contributed by atoms with Crippen LogP contribution < -0.4 is 4.74 Å². The average molecular weight is 296 g/mol. The van der Waals surface area contributed by atoms with Gasteiger partial charge in [-0.2, -0.15) is 11.8 Å². The Morgan fingerprint density at radius 3 is 2.93 bits per heavy atom. The maximum absolute atomic E-state index is 6.03. The van der Waals surface area contributed by atoms with E-state index in [0.717, 1.165) is 22.4 Å². The molecule has 14 heavy (non-hydrogen) atoms. The Kier molecular flexibility index (Phi) is 5.75. The van der Waals surface area contributed by atoms with Crippen LogP contribution in [0.3, 0.4) is 0 Å². The van der Waals surface area contributed by atoms with E-state index in [0.29, 0.717) is 11.6 Å². The van der Waals surface area contributed by atoms with E-state index in [1.807, 2.05) is 18.2 Å². The van der Waals surface area contributed by atoms with E-state index in [9.17, 15) is 0 Å². The van der Waals surface area contributed by atoms with Crippen molar-refractivity contribution in [3.63, 3.8) is 0 Å². The summed E-state index contributed by atoms with van der Waals surface area (Å²) in [7, 11) is 0. The number of halogens is 2. The molecule has 0 heterocycles. The Bertz CT molecular complexity index is 293. The first-order chi connectivity index (χ1) is 6.79. The Labute approximate surface area is 102 Å². The van der Waals surface area contributed by atoms with Crippen LogP contribution in [0.5, 0.6) is 5.75 Å². The van der Waals surface area contributed by atoms with Crippen molar-refractivity contribution >= 4 is 39.3 Å². The molecule has 1 aromatic rings. The number of para-hydroxylation sites is 1. The lowest BCUT2D eigenvalue weighted by atomic mass is 10.2. The van der Waals surface area contributed by atoms with E-state index in [2.05, 4.69) is 22.2 Å². The summed E-state index contributed by atoms with van der Waals surface area (Å²) in [5.41, 5.74) is 1.10. The Hall–Kier alpha value is 0.140. The van der Waals surface area contributed by atoms with Crippen LogP contribution in [0.2, 0.25) is 5.02 Å². The van der Waals surface area contributed by atoms with Crippen LogP contribution in [0.25, 0.3) is 0 Å². The summed E-state index contributed by atoms with van der Waals surface area (Å²) in [6.45, 7) is 0.699. The summed E-state index contributed by atoms with van der Waals surface area (Å²) in [6, 6.07) is 5.79. The van der Waals surface area contributed by atoms with Crippen molar-refractivity contribution in [1.29, 1.82) is 0 Å². The molecule has 0 radical (unpaired) electrons. The molecule has 0 aliphatic rings. The van der Waals surface area contributed by atoms with Crippen LogP contribution in [-0.2, 0) is 5.33 Å². The van der Waals surface area contributed by atoms with Crippen LogP contribution in [0.15, 0.2) is 18.2 Å². The SMILES string of the molecule is CSCCOc1c(Cl)cccc1CBr. The maximum atomic E-state index is 6.03. The summed E-state index contributed by atoms with van der Waals surface area (Å²) in [6.07, 6.45) is 2.06. The van der Waals surface area contributed by atoms with E-state index >= 15 is 0 Å². The largest absolute Gasteiger partial charge is 0.491 e. The van der Waals surface area contributed by atoms with Gasteiger partial charge in [-0.1, -0.05) is 39.7 Å². The van der Waals surface area contributed by atoms with Crippen molar-refractivity contribution < 1.29 is 4.74 Å². The van der Waals surface area contributed by atoms with E-state index < -0.39 is 0 Å². The normalized spacial score (nSPS) is 10.2. The topological polar surface area (TPSA) is 9.23 Å². The first kappa shape index (κ1) is 12.2. The summed E-state index contributed by atoms with van der Waals surface area (Å²) in [5.74, 6) is 1.78. The van der Waals surface area contributed by atoms with Crippen molar-refractivity contribution in [2.24, 2.45) is 0 Å². The lowest BCUT2D eigenvalue weighted by Crippen LogP contribution is -2.02. The Morgan fingerprint density at radius 1 is 1.50 bits per heavy atom. The predicted molar refractivity (Wildman–Crippen MR) is 68.0 cm³/mol. The first-order valence-corrected chi connectivity index (χ1v) is 7.14. The van der Waals surface area contributed by atoms with Gasteiger partial charge in [0, 0.05) is 16.6 Å². The van der Waals surface area contributed by atoms with Gasteiger partial charge in [0.15, 0.2) is 0 Å². The molecule has 78 valence electrons. The molecular formula is C10H12BrClOS. The van der Waals surface area contributed by atoms with E-state index in [-0.39, 0.29) is 0 Å². The molecule has 0 fully saturated rings. The zero-order valence-electron chi connectivity index (χ0n) is 7.93. The lowest BCUT2D eigenvalue weighted by molar-refractivity contribution is 0.341. The second-order valence-corrected chi connectivity index (χ2v) is 4.66. The molecule has 0 spiro atoms. The van der Waals surface area contributed by atoms with Crippen molar-refractivity contribution in [2.45, 2.75) is 5.33 Å². The third kappa shape index (κ3) is 3.37. The third-order valence-electron chi connectivity index (χ3n) is 1.73. The highest BCUT2D eigenvalue weighted by atomic mass is 79.9. The van der Waals surface area contributed by atoms with Gasteiger partial charge in [-0.05, 0) is 12.3 Å².